The summed E-state index contributed by atoms with van der Waals surface area (Å²) in [7, 11) is 0. The molecular weight excluding hydrogens is 658 g/mol. The SMILES string of the molecule is CCCCCCCC=CCCCCCCCCC(=O)OCC(Br)(COC(=O)CCCCCCC=CCCCCCCCCC)[N+](=O)[O-]. The summed E-state index contributed by atoms with van der Waals surface area (Å²) in [6.45, 7) is 3.53. The van der Waals surface area contributed by atoms with Crippen molar-refractivity contribution in [1.29, 1.82) is 0 Å². The third kappa shape index (κ3) is 31.3. The lowest BCUT2D eigenvalue weighted by molar-refractivity contribution is -0.541. The van der Waals surface area contributed by atoms with E-state index >= 15 is 0 Å². The van der Waals surface area contributed by atoms with Crippen LogP contribution in [0.2, 0.25) is 0 Å². The maximum atomic E-state index is 12.2. The highest BCUT2D eigenvalue weighted by Gasteiger charge is 2.43. The molecule has 0 saturated heterocycles. The molecule has 0 aliphatic rings. The van der Waals surface area contributed by atoms with Crippen LogP contribution in [-0.2, 0) is 19.1 Å². The molecule has 0 aliphatic heterocycles. The van der Waals surface area contributed by atoms with Crippen molar-refractivity contribution in [2.45, 2.75) is 198 Å². The predicted octanol–water partition coefficient (Wildman–Crippen LogP) is 12.5. The summed E-state index contributed by atoms with van der Waals surface area (Å²) in [5.41, 5.74) is 0. The predicted molar refractivity (Wildman–Crippen MR) is 199 cm³/mol. The molecule has 0 heterocycles. The summed E-state index contributed by atoms with van der Waals surface area (Å²) >= 11 is 3.04. The van der Waals surface area contributed by atoms with Crippen molar-refractivity contribution in [3.05, 3.63) is 34.4 Å². The summed E-state index contributed by atoms with van der Waals surface area (Å²) in [4.78, 5) is 35.4. The minimum atomic E-state index is -1.83. The first-order valence-electron chi connectivity index (χ1n) is 19.3. The van der Waals surface area contributed by atoms with Gasteiger partial charge >= 0.3 is 16.4 Å². The second-order valence-corrected chi connectivity index (χ2v) is 14.6. The topological polar surface area (TPSA) is 95.7 Å². The Labute approximate surface area is 296 Å². The quantitative estimate of drug-likeness (QED) is 0.0123. The monoisotopic (exact) mass is 727 g/mol. The minimum Gasteiger partial charge on any atom is -0.457 e. The molecule has 274 valence electrons. The zero-order valence-corrected chi connectivity index (χ0v) is 31.9. The van der Waals surface area contributed by atoms with Crippen LogP contribution >= 0.6 is 15.9 Å². The number of halogens is 1. The summed E-state index contributed by atoms with van der Waals surface area (Å²) in [5.74, 6) is -0.931. The lowest BCUT2D eigenvalue weighted by atomic mass is 10.1. The summed E-state index contributed by atoms with van der Waals surface area (Å²) in [5, 5.41) is 11.6. The zero-order valence-electron chi connectivity index (χ0n) is 30.3. The highest BCUT2D eigenvalue weighted by Crippen LogP contribution is 2.21. The largest absolute Gasteiger partial charge is 0.457 e. The molecule has 7 nitrogen and oxygen atoms in total. The fourth-order valence-corrected chi connectivity index (χ4v) is 5.58. The van der Waals surface area contributed by atoms with E-state index in [9.17, 15) is 19.7 Å². The number of alkyl halides is 1. The number of ether oxygens (including phenoxy) is 2. The van der Waals surface area contributed by atoms with Gasteiger partial charge in [-0.15, -0.1) is 0 Å². The number of unbranched alkanes of at least 4 members (excludes halogenated alkanes) is 22. The van der Waals surface area contributed by atoms with E-state index < -0.39 is 34.5 Å². The number of carbonyl (C=O) groups is 2. The van der Waals surface area contributed by atoms with Crippen LogP contribution in [0.25, 0.3) is 0 Å². The maximum Gasteiger partial charge on any atom is 0.341 e. The number of hydrogen-bond acceptors (Lipinski definition) is 6. The van der Waals surface area contributed by atoms with E-state index in [1.54, 1.807) is 0 Å². The highest BCUT2D eigenvalue weighted by atomic mass is 79.9. The van der Waals surface area contributed by atoms with Crippen molar-refractivity contribution in [3.63, 3.8) is 0 Å². The molecule has 0 aromatic heterocycles. The van der Waals surface area contributed by atoms with Crippen molar-refractivity contribution in [3.8, 4) is 0 Å². The number of nitro groups is 1. The number of esters is 2. The molecule has 1 atom stereocenters. The first kappa shape index (κ1) is 45.3. The van der Waals surface area contributed by atoms with E-state index in [0.717, 1.165) is 57.8 Å². The maximum absolute atomic E-state index is 12.2. The van der Waals surface area contributed by atoms with Gasteiger partial charge < -0.3 is 9.47 Å². The van der Waals surface area contributed by atoms with Crippen LogP contribution in [0.15, 0.2) is 24.3 Å². The molecule has 0 rings (SSSR count). The van der Waals surface area contributed by atoms with E-state index in [1.165, 1.54) is 96.3 Å². The average molecular weight is 729 g/mol. The number of rotatable bonds is 35. The van der Waals surface area contributed by atoms with E-state index in [0.29, 0.717) is 12.8 Å². The van der Waals surface area contributed by atoms with Crippen molar-refractivity contribution < 1.29 is 24.0 Å². The molecule has 0 saturated carbocycles. The molecule has 0 N–H and O–H groups in total. The van der Waals surface area contributed by atoms with Crippen LogP contribution in [0.3, 0.4) is 0 Å². The van der Waals surface area contributed by atoms with Crippen LogP contribution < -0.4 is 0 Å². The van der Waals surface area contributed by atoms with Gasteiger partial charge in [0.2, 0.25) is 0 Å². The molecule has 0 aliphatic carbocycles. The van der Waals surface area contributed by atoms with Crippen LogP contribution in [-0.4, -0.2) is 34.5 Å². The second-order valence-electron chi connectivity index (χ2n) is 13.2. The fraction of sp³-hybridized carbons (Fsp3) is 0.846. The molecule has 1 unspecified atom stereocenters. The van der Waals surface area contributed by atoms with Gasteiger partial charge in [-0.25, -0.2) is 0 Å². The average Bonchev–Trinajstić information content (AvgIpc) is 3.06. The first-order chi connectivity index (χ1) is 22.9. The molecule has 0 aromatic carbocycles. The minimum absolute atomic E-state index is 0.227. The molecule has 0 spiro atoms. The van der Waals surface area contributed by atoms with Crippen LogP contribution in [0, 0.1) is 10.1 Å². The van der Waals surface area contributed by atoms with Gasteiger partial charge in [0.05, 0.1) is 0 Å². The number of allylic oxidation sites excluding steroid dienone is 4. The Hall–Kier alpha value is -1.70. The van der Waals surface area contributed by atoms with Crippen molar-refractivity contribution in [2.24, 2.45) is 0 Å². The van der Waals surface area contributed by atoms with Crippen LogP contribution in [0.4, 0.5) is 0 Å². The van der Waals surface area contributed by atoms with Crippen LogP contribution in [0.5, 0.6) is 0 Å². The summed E-state index contributed by atoms with van der Waals surface area (Å²) in [6.07, 6.45) is 40.2. The van der Waals surface area contributed by atoms with Gasteiger partial charge in [-0.3, -0.25) is 19.7 Å². The molecule has 0 fully saturated rings. The Morgan fingerprint density at radius 1 is 0.532 bits per heavy atom. The molecule has 0 amide bonds. The Kier molecular flexibility index (Phi) is 32.9. The zero-order chi connectivity index (χ0) is 34.7. The lowest BCUT2D eigenvalue weighted by Gasteiger charge is -2.18. The molecular formula is C39H70BrNO6. The van der Waals surface area contributed by atoms with Crippen molar-refractivity contribution >= 4 is 27.9 Å². The normalized spacial score (nSPS) is 12.9. The number of nitrogens with zero attached hydrogens (tertiary/aromatic N) is 1. The Morgan fingerprint density at radius 2 is 0.809 bits per heavy atom. The van der Waals surface area contributed by atoms with Crippen LogP contribution in [0.1, 0.15) is 194 Å². The second kappa shape index (κ2) is 34.2. The van der Waals surface area contributed by atoms with Gasteiger partial charge in [0.25, 0.3) is 0 Å². The Bertz CT molecular complexity index is 817. The molecule has 0 radical (unpaired) electrons. The van der Waals surface area contributed by atoms with E-state index in [-0.39, 0.29) is 12.8 Å². The molecule has 0 aromatic rings. The molecule has 8 heteroatoms. The van der Waals surface area contributed by atoms with E-state index in [4.69, 9.17) is 9.47 Å². The fourth-order valence-electron chi connectivity index (χ4n) is 5.35. The van der Waals surface area contributed by atoms with Gasteiger partial charge in [-0.2, -0.15) is 0 Å². The van der Waals surface area contributed by atoms with Gasteiger partial charge in [-0.05, 0) is 64.2 Å². The van der Waals surface area contributed by atoms with Crippen molar-refractivity contribution in [1.82, 2.24) is 0 Å². The third-order valence-electron chi connectivity index (χ3n) is 8.52. The molecule has 0 bridgehead atoms. The smallest absolute Gasteiger partial charge is 0.341 e. The first-order valence-corrected chi connectivity index (χ1v) is 20.1. The Balaban J connectivity index is 3.81. The number of carbonyl (C=O) groups excluding carboxylic acids is 2. The van der Waals surface area contributed by atoms with Gasteiger partial charge in [-0.1, -0.05) is 141 Å². The summed E-state index contributed by atoms with van der Waals surface area (Å²) in [6, 6.07) is 0. The standard InChI is InChI=1S/C39H70BrNO6/c1-3-5-7-9-11-13-15-17-19-21-23-25-27-29-31-33-37(42)46-35-39(40,41(44)45)36-47-38(43)34-32-30-28-26-24-22-20-18-16-14-12-10-8-6-4-2/h15,17,20,22H,3-14,16,18-19,21,23-36H2,1-2H3. The summed E-state index contributed by atoms with van der Waals surface area (Å²) < 4.78 is 8.52. The van der Waals surface area contributed by atoms with Gasteiger partial charge in [0.15, 0.2) is 13.2 Å². The van der Waals surface area contributed by atoms with E-state index in [1.807, 2.05) is 0 Å². The third-order valence-corrected chi connectivity index (χ3v) is 9.27. The number of hydrogen-bond donors (Lipinski definition) is 0. The van der Waals surface area contributed by atoms with Gasteiger partial charge in [0.1, 0.15) is 0 Å². The van der Waals surface area contributed by atoms with Gasteiger partial charge in [0, 0.05) is 33.7 Å². The highest BCUT2D eigenvalue weighted by molar-refractivity contribution is 9.10. The van der Waals surface area contributed by atoms with E-state index in [2.05, 4.69) is 54.1 Å². The Morgan fingerprint density at radius 3 is 1.11 bits per heavy atom. The lowest BCUT2D eigenvalue weighted by Crippen LogP contribution is -2.42. The molecule has 47 heavy (non-hydrogen) atoms. The van der Waals surface area contributed by atoms with Crippen molar-refractivity contribution in [2.75, 3.05) is 13.2 Å².